The van der Waals surface area contributed by atoms with Crippen LogP contribution in [0.3, 0.4) is 0 Å². The lowest BCUT2D eigenvalue weighted by Gasteiger charge is -2.15. The van der Waals surface area contributed by atoms with Gasteiger partial charge in [0.05, 0.1) is 22.5 Å². The SMILES string of the molecule is O=C(Nc1cc(C(F)(F)F)ccc1-n1cccn1)c1cccc(F)c1F. The maximum absolute atomic E-state index is 13.8. The molecular weight excluding hydrogens is 357 g/mol. The van der Waals surface area contributed by atoms with E-state index in [9.17, 15) is 26.7 Å². The fraction of sp³-hybridized carbons (Fsp3) is 0.0588. The maximum atomic E-state index is 13.8. The van der Waals surface area contributed by atoms with Crippen LogP contribution >= 0.6 is 0 Å². The second-order valence-corrected chi connectivity index (χ2v) is 5.24. The number of nitrogens with zero attached hydrogens (tertiary/aromatic N) is 2. The molecule has 4 nitrogen and oxygen atoms in total. The smallest absolute Gasteiger partial charge is 0.320 e. The van der Waals surface area contributed by atoms with Crippen molar-refractivity contribution in [1.82, 2.24) is 9.78 Å². The zero-order valence-corrected chi connectivity index (χ0v) is 12.9. The summed E-state index contributed by atoms with van der Waals surface area (Å²) in [5.74, 6) is -3.72. The summed E-state index contributed by atoms with van der Waals surface area (Å²) in [6, 6.07) is 7.15. The van der Waals surface area contributed by atoms with Gasteiger partial charge in [-0.3, -0.25) is 4.79 Å². The molecule has 2 aromatic carbocycles. The van der Waals surface area contributed by atoms with E-state index in [2.05, 4.69) is 10.4 Å². The highest BCUT2D eigenvalue weighted by molar-refractivity contribution is 6.05. The number of anilines is 1. The molecule has 0 atom stereocenters. The number of amides is 1. The van der Waals surface area contributed by atoms with Gasteiger partial charge in [-0.2, -0.15) is 18.3 Å². The van der Waals surface area contributed by atoms with Crippen LogP contribution < -0.4 is 5.32 Å². The summed E-state index contributed by atoms with van der Waals surface area (Å²) in [5.41, 5.74) is -1.76. The second-order valence-electron chi connectivity index (χ2n) is 5.24. The summed E-state index contributed by atoms with van der Waals surface area (Å²) in [6.45, 7) is 0. The summed E-state index contributed by atoms with van der Waals surface area (Å²) < 4.78 is 67.2. The number of alkyl halides is 3. The van der Waals surface area contributed by atoms with Crippen molar-refractivity contribution in [2.24, 2.45) is 0 Å². The summed E-state index contributed by atoms with van der Waals surface area (Å²) in [5, 5.41) is 6.09. The summed E-state index contributed by atoms with van der Waals surface area (Å²) in [6.07, 6.45) is -1.79. The van der Waals surface area contributed by atoms with Crippen LogP contribution in [0.5, 0.6) is 0 Å². The molecule has 1 N–H and O–H groups in total. The summed E-state index contributed by atoms with van der Waals surface area (Å²) >= 11 is 0. The molecule has 0 saturated heterocycles. The zero-order valence-electron chi connectivity index (χ0n) is 12.9. The van der Waals surface area contributed by atoms with Crippen molar-refractivity contribution in [1.29, 1.82) is 0 Å². The molecule has 0 fully saturated rings. The lowest BCUT2D eigenvalue weighted by atomic mass is 10.1. The zero-order chi connectivity index (χ0) is 18.9. The van der Waals surface area contributed by atoms with Crippen LogP contribution in [-0.4, -0.2) is 15.7 Å². The van der Waals surface area contributed by atoms with Crippen LogP contribution in [0.1, 0.15) is 15.9 Å². The number of rotatable bonds is 3. The minimum Gasteiger partial charge on any atom is -0.320 e. The van der Waals surface area contributed by atoms with Gasteiger partial charge in [0.2, 0.25) is 0 Å². The molecule has 134 valence electrons. The number of aromatic nitrogens is 2. The highest BCUT2D eigenvalue weighted by atomic mass is 19.4. The van der Waals surface area contributed by atoms with Crippen molar-refractivity contribution < 1.29 is 26.7 Å². The van der Waals surface area contributed by atoms with Crippen LogP contribution in [0.25, 0.3) is 5.69 Å². The Morgan fingerprint density at radius 2 is 1.85 bits per heavy atom. The Morgan fingerprint density at radius 3 is 2.50 bits per heavy atom. The topological polar surface area (TPSA) is 46.9 Å². The Bertz CT molecular complexity index is 952. The highest BCUT2D eigenvalue weighted by Crippen LogP contribution is 2.33. The van der Waals surface area contributed by atoms with Crippen molar-refractivity contribution >= 4 is 11.6 Å². The highest BCUT2D eigenvalue weighted by Gasteiger charge is 2.31. The summed E-state index contributed by atoms with van der Waals surface area (Å²) in [7, 11) is 0. The third-order valence-electron chi connectivity index (χ3n) is 3.52. The van der Waals surface area contributed by atoms with Crippen molar-refractivity contribution in [2.75, 3.05) is 5.32 Å². The van der Waals surface area contributed by atoms with E-state index in [1.807, 2.05) is 0 Å². The number of carbonyl (C=O) groups is 1. The van der Waals surface area contributed by atoms with Gasteiger partial charge in [-0.05, 0) is 36.4 Å². The number of hydrogen-bond donors (Lipinski definition) is 1. The predicted molar refractivity (Wildman–Crippen MR) is 82.9 cm³/mol. The Morgan fingerprint density at radius 1 is 1.08 bits per heavy atom. The molecular formula is C17H10F5N3O. The lowest BCUT2D eigenvalue weighted by molar-refractivity contribution is -0.137. The first-order chi connectivity index (χ1) is 12.3. The average Bonchev–Trinajstić information content (AvgIpc) is 3.10. The molecule has 26 heavy (non-hydrogen) atoms. The molecule has 1 amide bonds. The molecule has 3 aromatic rings. The average molecular weight is 367 g/mol. The second kappa shape index (κ2) is 6.58. The van der Waals surface area contributed by atoms with E-state index < -0.39 is 34.8 Å². The van der Waals surface area contributed by atoms with E-state index in [-0.39, 0.29) is 11.4 Å². The molecule has 1 aromatic heterocycles. The lowest BCUT2D eigenvalue weighted by Crippen LogP contribution is -2.17. The van der Waals surface area contributed by atoms with E-state index in [1.54, 1.807) is 0 Å². The number of carbonyl (C=O) groups excluding carboxylic acids is 1. The molecule has 3 rings (SSSR count). The molecule has 0 spiro atoms. The number of benzene rings is 2. The minimum atomic E-state index is -4.65. The van der Waals surface area contributed by atoms with Gasteiger partial charge >= 0.3 is 6.18 Å². The van der Waals surface area contributed by atoms with Gasteiger partial charge in [0.1, 0.15) is 0 Å². The van der Waals surface area contributed by atoms with Crippen molar-refractivity contribution in [3.05, 3.63) is 77.6 Å². The van der Waals surface area contributed by atoms with Gasteiger partial charge in [-0.1, -0.05) is 6.07 Å². The Labute approximate surface area is 143 Å². The van der Waals surface area contributed by atoms with Crippen molar-refractivity contribution in [3.63, 3.8) is 0 Å². The monoisotopic (exact) mass is 367 g/mol. The molecule has 1 heterocycles. The van der Waals surface area contributed by atoms with Crippen LogP contribution in [-0.2, 0) is 6.18 Å². The predicted octanol–water partition coefficient (Wildman–Crippen LogP) is 4.42. The molecule has 0 aliphatic rings. The largest absolute Gasteiger partial charge is 0.416 e. The van der Waals surface area contributed by atoms with E-state index >= 15 is 0 Å². The van der Waals surface area contributed by atoms with E-state index in [0.29, 0.717) is 6.07 Å². The van der Waals surface area contributed by atoms with Gasteiger partial charge in [-0.25, -0.2) is 13.5 Å². The van der Waals surface area contributed by atoms with Crippen LogP contribution in [0.4, 0.5) is 27.6 Å². The van der Waals surface area contributed by atoms with E-state index in [0.717, 1.165) is 30.3 Å². The van der Waals surface area contributed by atoms with Crippen molar-refractivity contribution in [3.8, 4) is 5.69 Å². The van der Waals surface area contributed by atoms with Crippen LogP contribution in [0.15, 0.2) is 54.9 Å². The third kappa shape index (κ3) is 3.41. The molecule has 0 radical (unpaired) electrons. The summed E-state index contributed by atoms with van der Waals surface area (Å²) in [4.78, 5) is 12.2. The van der Waals surface area contributed by atoms with Crippen LogP contribution in [0, 0.1) is 11.6 Å². The third-order valence-corrected chi connectivity index (χ3v) is 3.52. The van der Waals surface area contributed by atoms with Gasteiger partial charge in [0.25, 0.3) is 5.91 Å². The van der Waals surface area contributed by atoms with E-state index in [4.69, 9.17) is 0 Å². The first kappa shape index (κ1) is 17.6. The number of halogens is 5. The quantitative estimate of drug-likeness (QED) is 0.697. The molecule has 0 unspecified atom stereocenters. The normalized spacial score (nSPS) is 11.4. The fourth-order valence-electron chi connectivity index (χ4n) is 2.29. The van der Waals surface area contributed by atoms with Gasteiger partial charge < -0.3 is 5.32 Å². The Balaban J connectivity index is 2.04. The maximum Gasteiger partial charge on any atom is 0.416 e. The molecule has 9 heteroatoms. The minimum absolute atomic E-state index is 0.133. The first-order valence-corrected chi connectivity index (χ1v) is 7.24. The van der Waals surface area contributed by atoms with Gasteiger partial charge in [0.15, 0.2) is 11.6 Å². The standard InChI is InChI=1S/C17H10F5N3O/c18-12-4-1-3-11(15(12)19)16(26)24-13-9-10(17(20,21)22)5-6-14(13)25-8-2-7-23-25/h1-9H,(H,24,26). The molecule has 0 bridgehead atoms. The van der Waals surface area contributed by atoms with Crippen molar-refractivity contribution in [2.45, 2.75) is 6.18 Å². The fourth-order valence-corrected chi connectivity index (χ4v) is 2.29. The molecule has 0 saturated carbocycles. The Kier molecular flexibility index (Phi) is 4.45. The molecule has 0 aliphatic heterocycles. The molecule has 0 aliphatic carbocycles. The van der Waals surface area contributed by atoms with E-state index in [1.165, 1.54) is 23.1 Å². The Hall–Kier alpha value is -3.23. The van der Waals surface area contributed by atoms with Gasteiger partial charge in [0, 0.05) is 12.4 Å². The van der Waals surface area contributed by atoms with Gasteiger partial charge in [-0.15, -0.1) is 0 Å². The van der Waals surface area contributed by atoms with Crippen LogP contribution in [0.2, 0.25) is 0 Å². The number of hydrogen-bond acceptors (Lipinski definition) is 2. The first-order valence-electron chi connectivity index (χ1n) is 7.24. The number of nitrogens with one attached hydrogen (secondary N) is 1.